The molecule has 2 aromatic rings. The fraction of sp³-hybridized carbons (Fsp3) is 0.167. The average molecular weight is 260 g/mol. The van der Waals surface area contributed by atoms with Gasteiger partial charge in [-0.3, -0.25) is 14.5 Å². The molecule has 19 heavy (non-hydrogen) atoms. The summed E-state index contributed by atoms with van der Waals surface area (Å²) in [4.78, 5) is 26.8. The number of anilines is 1. The zero-order valence-electron chi connectivity index (χ0n) is 10.4. The summed E-state index contributed by atoms with van der Waals surface area (Å²) in [7, 11) is 1.74. The number of carboxylic acid groups (broad SMARTS) is 1. The minimum Gasteiger partial charge on any atom is -0.478 e. The fourth-order valence-corrected chi connectivity index (χ4v) is 1.56. The van der Waals surface area contributed by atoms with E-state index in [9.17, 15) is 9.59 Å². The van der Waals surface area contributed by atoms with E-state index in [0.29, 0.717) is 5.82 Å². The second-order valence-corrected chi connectivity index (χ2v) is 3.95. The molecular formula is C12H12N4O3. The normalized spacial score (nSPS) is 10.2. The number of hydrogen-bond acceptors (Lipinski definition) is 4. The second-order valence-electron chi connectivity index (χ2n) is 3.95. The molecular weight excluding hydrogens is 248 g/mol. The molecule has 0 aliphatic carbocycles. The third-order valence-corrected chi connectivity index (χ3v) is 2.61. The van der Waals surface area contributed by atoms with Gasteiger partial charge >= 0.3 is 5.97 Å². The van der Waals surface area contributed by atoms with Gasteiger partial charge in [0.05, 0.1) is 5.56 Å². The molecule has 7 nitrogen and oxygen atoms in total. The maximum atomic E-state index is 12.0. The topological polar surface area (TPSA) is 97.1 Å². The number of hydrogen-bond donors (Lipinski definition) is 2. The van der Waals surface area contributed by atoms with Crippen molar-refractivity contribution in [1.82, 2.24) is 14.8 Å². The summed E-state index contributed by atoms with van der Waals surface area (Å²) in [6, 6.07) is 4.47. The van der Waals surface area contributed by atoms with Crippen LogP contribution in [0, 0.1) is 6.92 Å². The van der Waals surface area contributed by atoms with Crippen molar-refractivity contribution in [1.29, 1.82) is 0 Å². The van der Waals surface area contributed by atoms with Gasteiger partial charge in [-0.15, -0.1) is 0 Å². The van der Waals surface area contributed by atoms with Crippen molar-refractivity contribution < 1.29 is 14.7 Å². The van der Waals surface area contributed by atoms with Gasteiger partial charge in [0.25, 0.3) is 5.91 Å². The van der Waals surface area contributed by atoms with E-state index < -0.39 is 11.9 Å². The lowest BCUT2D eigenvalue weighted by Crippen LogP contribution is -2.18. The van der Waals surface area contributed by atoms with Gasteiger partial charge in [-0.2, -0.15) is 5.10 Å². The number of carbonyl (C=O) groups excluding carboxylic acids is 1. The molecule has 0 fully saturated rings. The highest BCUT2D eigenvalue weighted by Gasteiger charge is 2.18. The van der Waals surface area contributed by atoms with Crippen LogP contribution in [0.2, 0.25) is 0 Å². The molecule has 0 spiro atoms. The minimum atomic E-state index is -1.20. The first-order valence-corrected chi connectivity index (χ1v) is 5.49. The molecule has 2 rings (SSSR count). The first-order chi connectivity index (χ1) is 8.99. The third-order valence-electron chi connectivity index (χ3n) is 2.61. The van der Waals surface area contributed by atoms with Gasteiger partial charge in [0.15, 0.2) is 5.82 Å². The predicted molar refractivity (Wildman–Crippen MR) is 67.1 cm³/mol. The van der Waals surface area contributed by atoms with Crippen LogP contribution in [-0.2, 0) is 7.05 Å². The highest BCUT2D eigenvalue weighted by Crippen LogP contribution is 2.11. The van der Waals surface area contributed by atoms with Gasteiger partial charge in [0.2, 0.25) is 0 Å². The number of nitrogens with zero attached hydrogens (tertiary/aromatic N) is 3. The van der Waals surface area contributed by atoms with Gasteiger partial charge in [-0.05, 0) is 19.1 Å². The molecule has 0 saturated heterocycles. The number of carbonyl (C=O) groups is 2. The van der Waals surface area contributed by atoms with Crippen LogP contribution < -0.4 is 5.32 Å². The maximum Gasteiger partial charge on any atom is 0.338 e. The third kappa shape index (κ3) is 2.59. The van der Waals surface area contributed by atoms with E-state index in [2.05, 4.69) is 15.4 Å². The van der Waals surface area contributed by atoms with Crippen molar-refractivity contribution in [3.05, 3.63) is 41.3 Å². The molecule has 0 aliphatic rings. The van der Waals surface area contributed by atoms with E-state index in [-0.39, 0.29) is 11.3 Å². The lowest BCUT2D eigenvalue weighted by molar-refractivity contribution is 0.0691. The number of rotatable bonds is 3. The number of aromatic carboxylic acids is 1. The maximum absolute atomic E-state index is 12.0. The van der Waals surface area contributed by atoms with E-state index in [1.807, 2.05) is 6.92 Å². The fourth-order valence-electron chi connectivity index (χ4n) is 1.56. The lowest BCUT2D eigenvalue weighted by Gasteiger charge is -2.04. The van der Waals surface area contributed by atoms with Crippen molar-refractivity contribution in [3.63, 3.8) is 0 Å². The molecule has 2 N–H and O–H groups in total. The Hall–Kier alpha value is -2.70. The Labute approximate surface area is 108 Å². The van der Waals surface area contributed by atoms with Gasteiger partial charge < -0.3 is 10.4 Å². The number of pyridine rings is 1. The largest absolute Gasteiger partial charge is 0.478 e. The molecule has 0 bridgehead atoms. The first kappa shape index (κ1) is 12.7. The molecule has 0 saturated carbocycles. The summed E-state index contributed by atoms with van der Waals surface area (Å²) >= 11 is 0. The number of carboxylic acids is 1. The Morgan fingerprint density at radius 2 is 2.16 bits per heavy atom. The van der Waals surface area contributed by atoms with Gasteiger partial charge in [-0.1, -0.05) is 0 Å². The summed E-state index contributed by atoms with van der Waals surface area (Å²) in [5.74, 6) is -1.45. The molecule has 0 unspecified atom stereocenters. The molecule has 7 heteroatoms. The molecule has 0 radical (unpaired) electrons. The van der Waals surface area contributed by atoms with Gasteiger partial charge in [-0.25, -0.2) is 4.79 Å². The van der Waals surface area contributed by atoms with E-state index in [1.165, 1.54) is 18.3 Å². The highest BCUT2D eigenvalue weighted by atomic mass is 16.4. The van der Waals surface area contributed by atoms with Crippen LogP contribution in [0.4, 0.5) is 5.82 Å². The highest BCUT2D eigenvalue weighted by molar-refractivity contribution is 6.08. The molecule has 98 valence electrons. The molecule has 0 aliphatic heterocycles. The second kappa shape index (κ2) is 4.89. The first-order valence-electron chi connectivity index (χ1n) is 5.49. The number of aromatic nitrogens is 3. The van der Waals surface area contributed by atoms with Crippen LogP contribution >= 0.6 is 0 Å². The molecule has 2 heterocycles. The van der Waals surface area contributed by atoms with Gasteiger partial charge in [0, 0.05) is 25.0 Å². The van der Waals surface area contributed by atoms with Crippen molar-refractivity contribution in [2.24, 2.45) is 7.05 Å². The summed E-state index contributed by atoms with van der Waals surface area (Å²) in [5, 5.41) is 15.6. The molecule has 0 atom stereocenters. The number of nitrogens with one attached hydrogen (secondary N) is 1. The number of aryl methyl sites for hydroxylation is 2. The number of amides is 1. The zero-order valence-corrected chi connectivity index (χ0v) is 10.4. The SMILES string of the molecule is Cc1cc(NC(=O)c2ncccc2C(=O)O)nn1C. The van der Waals surface area contributed by atoms with Crippen LogP contribution in [0.25, 0.3) is 0 Å². The van der Waals surface area contributed by atoms with E-state index in [0.717, 1.165) is 5.69 Å². The quantitative estimate of drug-likeness (QED) is 0.860. The van der Waals surface area contributed by atoms with Crippen LogP contribution in [-0.4, -0.2) is 31.7 Å². The summed E-state index contributed by atoms with van der Waals surface area (Å²) < 4.78 is 1.60. The van der Waals surface area contributed by atoms with Crippen LogP contribution in [0.5, 0.6) is 0 Å². The van der Waals surface area contributed by atoms with Gasteiger partial charge in [0.1, 0.15) is 5.69 Å². The Morgan fingerprint density at radius 1 is 1.42 bits per heavy atom. The van der Waals surface area contributed by atoms with Crippen LogP contribution in [0.15, 0.2) is 24.4 Å². The van der Waals surface area contributed by atoms with Crippen molar-refractivity contribution >= 4 is 17.7 Å². The van der Waals surface area contributed by atoms with Crippen molar-refractivity contribution in [2.45, 2.75) is 6.92 Å². The van der Waals surface area contributed by atoms with Crippen LogP contribution in [0.3, 0.4) is 0 Å². The van der Waals surface area contributed by atoms with Crippen LogP contribution in [0.1, 0.15) is 26.5 Å². The van der Waals surface area contributed by atoms with Crippen molar-refractivity contribution in [2.75, 3.05) is 5.32 Å². The predicted octanol–water partition coefficient (Wildman–Crippen LogP) is 1.07. The van der Waals surface area contributed by atoms with Crippen molar-refractivity contribution in [3.8, 4) is 0 Å². The summed E-state index contributed by atoms with van der Waals surface area (Å²) in [6.45, 7) is 1.84. The summed E-state index contributed by atoms with van der Waals surface area (Å²) in [5.41, 5.74) is 0.584. The van der Waals surface area contributed by atoms with E-state index in [4.69, 9.17) is 5.11 Å². The van der Waals surface area contributed by atoms with E-state index in [1.54, 1.807) is 17.8 Å². The average Bonchev–Trinajstić information content (AvgIpc) is 2.68. The molecule has 1 amide bonds. The molecule has 0 aromatic carbocycles. The zero-order chi connectivity index (χ0) is 14.0. The standard InChI is InChI=1S/C12H12N4O3/c1-7-6-9(15-16(7)2)14-11(17)10-8(12(18)19)4-3-5-13-10/h3-6H,1-2H3,(H,18,19)(H,14,15,17). The van der Waals surface area contributed by atoms with E-state index >= 15 is 0 Å². The monoisotopic (exact) mass is 260 g/mol. The Kier molecular flexibility index (Phi) is 3.28. The Bertz CT molecular complexity index is 629. The lowest BCUT2D eigenvalue weighted by atomic mass is 10.2. The summed E-state index contributed by atoms with van der Waals surface area (Å²) in [6.07, 6.45) is 1.37. The molecule has 2 aromatic heterocycles. The Balaban J connectivity index is 2.28. The Morgan fingerprint density at radius 3 is 2.74 bits per heavy atom. The smallest absolute Gasteiger partial charge is 0.338 e. The minimum absolute atomic E-state index is 0.140.